The summed E-state index contributed by atoms with van der Waals surface area (Å²) >= 11 is 0. The number of ether oxygens (including phenoxy) is 1. The molecule has 0 radical (unpaired) electrons. The molecular weight excluding hydrogens is 252 g/mol. The van der Waals surface area contributed by atoms with Gasteiger partial charge in [0.25, 0.3) is 0 Å². The zero-order valence-corrected chi connectivity index (χ0v) is 11.8. The number of fused-ring (bicyclic) bond motifs is 1. The fourth-order valence-electron chi connectivity index (χ4n) is 3.00. The summed E-state index contributed by atoms with van der Waals surface area (Å²) in [5.74, 6) is 2.18. The number of likely N-dealkylation sites (tertiary alicyclic amines) is 1. The Morgan fingerprint density at radius 3 is 2.75 bits per heavy atom. The van der Waals surface area contributed by atoms with Crippen molar-refractivity contribution in [2.24, 2.45) is 0 Å². The first-order valence-electron chi connectivity index (χ1n) is 6.91. The van der Waals surface area contributed by atoms with Crippen LogP contribution in [0.1, 0.15) is 30.1 Å². The van der Waals surface area contributed by atoms with Crippen molar-refractivity contribution >= 4 is 10.8 Å². The van der Waals surface area contributed by atoms with E-state index in [-0.39, 0.29) is 0 Å². The van der Waals surface area contributed by atoms with Crippen LogP contribution < -0.4 is 4.74 Å². The predicted octanol–water partition coefficient (Wildman–Crippen LogP) is 3.12. The lowest BCUT2D eigenvalue weighted by Gasteiger charge is -2.28. The minimum Gasteiger partial charge on any atom is -0.496 e. The maximum Gasteiger partial charge on any atom is 0.130 e. The minimum absolute atomic E-state index is 0.409. The van der Waals surface area contributed by atoms with Crippen LogP contribution in [0.25, 0.3) is 10.8 Å². The normalized spacial score (nSPS) is 17.2. The largest absolute Gasteiger partial charge is 0.496 e. The van der Waals surface area contributed by atoms with Crippen LogP contribution in [-0.4, -0.2) is 32.1 Å². The van der Waals surface area contributed by atoms with Gasteiger partial charge in [0.05, 0.1) is 24.1 Å². The standard InChI is InChI=1S/C16H18N2O2/c1-18-7-5-11(6-8-18)16-15-13(10-20-16)12(9-17)3-4-14(15)19-2/h3-4,10-11H,5-8H2,1-2H3. The first-order chi connectivity index (χ1) is 9.74. The Labute approximate surface area is 118 Å². The topological polar surface area (TPSA) is 49.4 Å². The number of nitrogens with zero attached hydrogens (tertiary/aromatic N) is 2. The van der Waals surface area contributed by atoms with Gasteiger partial charge in [-0.1, -0.05) is 0 Å². The van der Waals surface area contributed by atoms with Crippen LogP contribution in [0, 0.1) is 11.3 Å². The highest BCUT2D eigenvalue weighted by Crippen LogP contribution is 2.39. The number of furan rings is 1. The monoisotopic (exact) mass is 270 g/mol. The third-order valence-electron chi connectivity index (χ3n) is 4.19. The van der Waals surface area contributed by atoms with E-state index < -0.39 is 0 Å². The van der Waals surface area contributed by atoms with Crippen molar-refractivity contribution < 1.29 is 9.15 Å². The summed E-state index contributed by atoms with van der Waals surface area (Å²) < 4.78 is 11.3. The van der Waals surface area contributed by atoms with Crippen molar-refractivity contribution in [1.29, 1.82) is 5.26 Å². The number of nitriles is 1. The molecule has 3 rings (SSSR count). The molecule has 4 nitrogen and oxygen atoms in total. The van der Waals surface area contributed by atoms with Crippen LogP contribution in [0.5, 0.6) is 5.75 Å². The molecule has 1 aromatic carbocycles. The van der Waals surface area contributed by atoms with Crippen LogP contribution in [0.4, 0.5) is 0 Å². The molecule has 20 heavy (non-hydrogen) atoms. The van der Waals surface area contributed by atoms with Crippen LogP contribution in [0.15, 0.2) is 22.8 Å². The van der Waals surface area contributed by atoms with Gasteiger partial charge in [0.2, 0.25) is 0 Å². The molecule has 4 heteroatoms. The van der Waals surface area contributed by atoms with Gasteiger partial charge in [-0.25, -0.2) is 0 Å². The van der Waals surface area contributed by atoms with Crippen LogP contribution in [0.2, 0.25) is 0 Å². The van der Waals surface area contributed by atoms with E-state index in [0.717, 1.165) is 48.2 Å². The molecule has 1 aromatic heterocycles. The van der Waals surface area contributed by atoms with E-state index in [0.29, 0.717) is 11.5 Å². The lowest BCUT2D eigenvalue weighted by Crippen LogP contribution is -2.29. The number of hydrogen-bond acceptors (Lipinski definition) is 4. The maximum absolute atomic E-state index is 9.21. The van der Waals surface area contributed by atoms with E-state index >= 15 is 0 Å². The first kappa shape index (κ1) is 13.0. The summed E-state index contributed by atoms with van der Waals surface area (Å²) in [4.78, 5) is 2.33. The summed E-state index contributed by atoms with van der Waals surface area (Å²) in [6, 6.07) is 5.86. The fraction of sp³-hybridized carbons (Fsp3) is 0.438. The van der Waals surface area contributed by atoms with Crippen molar-refractivity contribution in [3.8, 4) is 11.8 Å². The molecule has 1 aliphatic heterocycles. The highest BCUT2D eigenvalue weighted by Gasteiger charge is 2.25. The number of benzene rings is 1. The van der Waals surface area contributed by atoms with Crippen LogP contribution in [-0.2, 0) is 0 Å². The molecule has 1 aliphatic rings. The maximum atomic E-state index is 9.21. The Bertz CT molecular complexity index is 661. The molecule has 0 aliphatic carbocycles. The average Bonchev–Trinajstić information content (AvgIpc) is 2.92. The quantitative estimate of drug-likeness (QED) is 0.841. The number of methoxy groups -OCH3 is 1. The number of piperidine rings is 1. The van der Waals surface area contributed by atoms with Gasteiger partial charge in [-0.15, -0.1) is 0 Å². The third kappa shape index (κ3) is 2.04. The lowest BCUT2D eigenvalue weighted by molar-refractivity contribution is 0.241. The zero-order chi connectivity index (χ0) is 14.1. The molecule has 104 valence electrons. The van der Waals surface area contributed by atoms with Crippen molar-refractivity contribution in [1.82, 2.24) is 4.90 Å². The van der Waals surface area contributed by atoms with Crippen molar-refractivity contribution in [2.75, 3.05) is 27.2 Å². The van der Waals surface area contributed by atoms with Crippen molar-refractivity contribution in [3.05, 3.63) is 29.7 Å². The summed E-state index contributed by atoms with van der Waals surface area (Å²) in [6.45, 7) is 2.15. The molecule has 0 spiro atoms. The van der Waals surface area contributed by atoms with E-state index in [1.165, 1.54) is 0 Å². The van der Waals surface area contributed by atoms with Crippen molar-refractivity contribution in [3.63, 3.8) is 0 Å². The molecular formula is C16H18N2O2. The van der Waals surface area contributed by atoms with Gasteiger partial charge in [0, 0.05) is 11.3 Å². The second-order valence-electron chi connectivity index (χ2n) is 5.39. The highest BCUT2D eigenvalue weighted by molar-refractivity contribution is 5.94. The summed E-state index contributed by atoms with van der Waals surface area (Å²) in [6.07, 6.45) is 3.86. The molecule has 0 bridgehead atoms. The molecule has 0 amide bonds. The third-order valence-corrected chi connectivity index (χ3v) is 4.19. The molecule has 0 unspecified atom stereocenters. The Morgan fingerprint density at radius 2 is 2.10 bits per heavy atom. The van der Waals surface area contributed by atoms with E-state index in [2.05, 4.69) is 18.0 Å². The van der Waals surface area contributed by atoms with Gasteiger partial charge in [0.15, 0.2) is 0 Å². The van der Waals surface area contributed by atoms with E-state index in [1.54, 1.807) is 19.4 Å². The Hall–Kier alpha value is -1.99. The van der Waals surface area contributed by atoms with E-state index in [9.17, 15) is 5.26 Å². The van der Waals surface area contributed by atoms with E-state index in [1.807, 2.05) is 6.07 Å². The molecule has 1 saturated heterocycles. The number of rotatable bonds is 2. The summed E-state index contributed by atoms with van der Waals surface area (Å²) in [5, 5.41) is 11.0. The fourth-order valence-corrected chi connectivity index (χ4v) is 3.00. The molecule has 0 N–H and O–H groups in total. The van der Waals surface area contributed by atoms with Gasteiger partial charge in [0.1, 0.15) is 17.8 Å². The number of hydrogen-bond donors (Lipinski definition) is 0. The smallest absolute Gasteiger partial charge is 0.130 e. The van der Waals surface area contributed by atoms with Gasteiger partial charge < -0.3 is 14.1 Å². The molecule has 1 fully saturated rings. The highest BCUT2D eigenvalue weighted by atomic mass is 16.5. The Kier molecular flexibility index (Phi) is 3.37. The van der Waals surface area contributed by atoms with Crippen LogP contribution >= 0.6 is 0 Å². The van der Waals surface area contributed by atoms with Crippen molar-refractivity contribution in [2.45, 2.75) is 18.8 Å². The lowest BCUT2D eigenvalue weighted by atomic mass is 9.91. The predicted molar refractivity (Wildman–Crippen MR) is 77.0 cm³/mol. The zero-order valence-electron chi connectivity index (χ0n) is 11.8. The first-order valence-corrected chi connectivity index (χ1v) is 6.91. The molecule has 0 saturated carbocycles. The van der Waals surface area contributed by atoms with Crippen LogP contribution in [0.3, 0.4) is 0 Å². The average molecular weight is 270 g/mol. The minimum atomic E-state index is 0.409. The van der Waals surface area contributed by atoms with Gasteiger partial charge >= 0.3 is 0 Å². The van der Waals surface area contributed by atoms with E-state index in [4.69, 9.17) is 9.15 Å². The Balaban J connectivity index is 2.10. The molecule has 2 aromatic rings. The van der Waals surface area contributed by atoms with Gasteiger partial charge in [-0.2, -0.15) is 5.26 Å². The van der Waals surface area contributed by atoms with Gasteiger partial charge in [-0.05, 0) is 45.1 Å². The summed E-state index contributed by atoms with van der Waals surface area (Å²) in [7, 11) is 3.80. The second kappa shape index (κ2) is 5.18. The Morgan fingerprint density at radius 1 is 1.35 bits per heavy atom. The van der Waals surface area contributed by atoms with Gasteiger partial charge in [-0.3, -0.25) is 0 Å². The molecule has 2 heterocycles. The summed E-state index contributed by atoms with van der Waals surface area (Å²) in [5.41, 5.74) is 0.642. The molecule has 0 atom stereocenters. The second-order valence-corrected chi connectivity index (χ2v) is 5.39. The SMILES string of the molecule is COc1ccc(C#N)c2coc(C3CCN(C)CC3)c12.